The summed E-state index contributed by atoms with van der Waals surface area (Å²) in [5.41, 5.74) is 1.07. The van der Waals surface area contributed by atoms with E-state index in [1.165, 1.54) is 0 Å². The number of aromatic amines is 1. The van der Waals surface area contributed by atoms with E-state index in [-0.39, 0.29) is 6.10 Å². The summed E-state index contributed by atoms with van der Waals surface area (Å²) in [6, 6.07) is 0. The van der Waals surface area contributed by atoms with Gasteiger partial charge in [-0.25, -0.2) is 4.98 Å². The van der Waals surface area contributed by atoms with E-state index in [0.29, 0.717) is 10.6 Å². The van der Waals surface area contributed by atoms with Crippen LogP contribution in [0.2, 0.25) is 0 Å². The predicted molar refractivity (Wildman–Crippen MR) is 71.1 cm³/mol. The van der Waals surface area contributed by atoms with Gasteiger partial charge in [0.1, 0.15) is 16.6 Å². The molecule has 0 aliphatic rings. The van der Waals surface area contributed by atoms with Crippen molar-refractivity contribution >= 4 is 28.1 Å². The monoisotopic (exact) mass is 304 g/mol. The van der Waals surface area contributed by atoms with Crippen LogP contribution in [0.5, 0.6) is 0 Å². The van der Waals surface area contributed by atoms with E-state index in [4.69, 9.17) is 17.0 Å². The van der Waals surface area contributed by atoms with Gasteiger partial charge in [0.05, 0.1) is 4.47 Å². The van der Waals surface area contributed by atoms with Gasteiger partial charge >= 0.3 is 0 Å². The van der Waals surface area contributed by atoms with Crippen molar-refractivity contribution < 1.29 is 4.74 Å². The normalized spacial score (nSPS) is 13.1. The molecule has 16 heavy (non-hydrogen) atoms. The van der Waals surface area contributed by atoms with Crippen molar-refractivity contribution in [1.29, 1.82) is 0 Å². The lowest BCUT2D eigenvalue weighted by Crippen LogP contribution is -2.14. The minimum absolute atomic E-state index is 0.0416. The van der Waals surface area contributed by atoms with Crippen LogP contribution in [-0.2, 0) is 11.2 Å². The molecule has 0 spiro atoms. The average molecular weight is 305 g/mol. The zero-order valence-corrected chi connectivity index (χ0v) is 12.4. The molecule has 1 aromatic heterocycles. The third kappa shape index (κ3) is 2.90. The first-order valence-electron chi connectivity index (χ1n) is 5.32. The number of halogens is 1. The van der Waals surface area contributed by atoms with Crippen molar-refractivity contribution in [3.05, 3.63) is 20.6 Å². The maximum atomic E-state index is 5.44. The second-order valence-corrected chi connectivity index (χ2v) is 5.15. The van der Waals surface area contributed by atoms with Crippen molar-refractivity contribution in [3.63, 3.8) is 0 Å². The molecule has 0 saturated heterocycles. The summed E-state index contributed by atoms with van der Waals surface area (Å²) in [6.07, 6.45) is 0.842. The molecule has 1 heterocycles. The molecule has 0 radical (unpaired) electrons. The van der Waals surface area contributed by atoms with Crippen molar-refractivity contribution in [1.82, 2.24) is 9.97 Å². The molecule has 0 aliphatic heterocycles. The van der Waals surface area contributed by atoms with E-state index in [1.807, 2.05) is 0 Å². The summed E-state index contributed by atoms with van der Waals surface area (Å²) in [4.78, 5) is 7.65. The van der Waals surface area contributed by atoms with E-state index in [2.05, 4.69) is 46.7 Å². The van der Waals surface area contributed by atoms with Crippen LogP contribution in [0.25, 0.3) is 0 Å². The molecule has 1 atom stereocenters. The van der Waals surface area contributed by atoms with Crippen molar-refractivity contribution in [2.75, 3.05) is 7.11 Å². The maximum absolute atomic E-state index is 5.44. The number of hydrogen-bond acceptors (Lipinski definition) is 3. The molecule has 1 unspecified atom stereocenters. The second-order valence-electron chi connectivity index (χ2n) is 3.97. The minimum atomic E-state index is -0.0416. The highest BCUT2D eigenvalue weighted by Gasteiger charge is 2.18. The van der Waals surface area contributed by atoms with Crippen LogP contribution in [-0.4, -0.2) is 17.1 Å². The first kappa shape index (κ1) is 13.8. The zero-order valence-electron chi connectivity index (χ0n) is 10.0. The summed E-state index contributed by atoms with van der Waals surface area (Å²) in [5.74, 6) is 1.16. The molecular formula is C11H17BrN2OS. The molecule has 1 N–H and O–H groups in total. The van der Waals surface area contributed by atoms with Gasteiger partial charge in [0, 0.05) is 12.8 Å². The van der Waals surface area contributed by atoms with Gasteiger partial charge in [-0.15, -0.1) is 0 Å². The first-order valence-corrected chi connectivity index (χ1v) is 6.52. The largest absolute Gasteiger partial charge is 0.373 e. The van der Waals surface area contributed by atoms with Gasteiger partial charge in [-0.3, -0.25) is 0 Å². The molecule has 0 aliphatic carbocycles. The van der Waals surface area contributed by atoms with Crippen LogP contribution in [0.1, 0.15) is 38.4 Å². The van der Waals surface area contributed by atoms with Gasteiger partial charge < -0.3 is 9.72 Å². The number of rotatable bonds is 4. The fraction of sp³-hybridized carbons (Fsp3) is 0.636. The van der Waals surface area contributed by atoms with E-state index < -0.39 is 0 Å². The lowest BCUT2D eigenvalue weighted by molar-refractivity contribution is 0.0571. The smallest absolute Gasteiger partial charge is 0.144 e. The Morgan fingerprint density at radius 3 is 2.56 bits per heavy atom. The van der Waals surface area contributed by atoms with Crippen LogP contribution < -0.4 is 0 Å². The summed E-state index contributed by atoms with van der Waals surface area (Å²) >= 11 is 8.66. The van der Waals surface area contributed by atoms with Crippen LogP contribution in [0.3, 0.4) is 0 Å². The molecule has 1 aromatic rings. The Kier molecular flexibility index (Phi) is 5.08. The summed E-state index contributed by atoms with van der Waals surface area (Å²) in [7, 11) is 1.69. The molecule has 5 heteroatoms. The maximum Gasteiger partial charge on any atom is 0.144 e. The predicted octanol–water partition coefficient (Wildman–Crippen LogP) is 3.81. The Bertz CT molecular complexity index is 417. The first-order chi connectivity index (χ1) is 7.51. The standard InChI is InChI=1S/C11H17BrN2OS/c1-5-7-8(12)11(16)14-10(13-7)9(15-4)6(2)3/h6,9H,5H2,1-4H3,(H,13,14,16). The lowest BCUT2D eigenvalue weighted by atomic mass is 10.1. The fourth-order valence-corrected chi connectivity index (χ4v) is 2.29. The highest BCUT2D eigenvalue weighted by molar-refractivity contribution is 9.10. The van der Waals surface area contributed by atoms with Gasteiger partial charge in [0.15, 0.2) is 0 Å². The second kappa shape index (κ2) is 5.89. The van der Waals surface area contributed by atoms with Gasteiger partial charge in [0.25, 0.3) is 0 Å². The van der Waals surface area contributed by atoms with E-state index in [0.717, 1.165) is 22.4 Å². The number of nitrogens with one attached hydrogen (secondary N) is 1. The third-order valence-electron chi connectivity index (χ3n) is 2.44. The molecule has 0 saturated carbocycles. The highest BCUT2D eigenvalue weighted by Crippen LogP contribution is 2.24. The van der Waals surface area contributed by atoms with Gasteiger partial charge in [-0.2, -0.15) is 0 Å². The lowest BCUT2D eigenvalue weighted by Gasteiger charge is -2.19. The Balaban J connectivity index is 3.24. The average Bonchev–Trinajstić information content (AvgIpc) is 2.23. The highest BCUT2D eigenvalue weighted by atomic mass is 79.9. The molecule has 0 fully saturated rings. The number of aromatic nitrogens is 2. The Hall–Kier alpha value is -0.260. The number of hydrogen-bond donors (Lipinski definition) is 1. The molecule has 90 valence electrons. The minimum Gasteiger partial charge on any atom is -0.373 e. The Labute approximate surface area is 110 Å². The fourth-order valence-electron chi connectivity index (χ4n) is 1.60. The number of methoxy groups -OCH3 is 1. The quantitative estimate of drug-likeness (QED) is 0.860. The molecule has 3 nitrogen and oxygen atoms in total. The Morgan fingerprint density at radius 1 is 1.50 bits per heavy atom. The van der Waals surface area contributed by atoms with Crippen LogP contribution in [0, 0.1) is 10.6 Å². The van der Waals surface area contributed by atoms with Crippen LogP contribution >= 0.6 is 28.1 Å². The number of aryl methyl sites for hydroxylation is 1. The summed E-state index contributed by atoms with van der Waals surface area (Å²) < 4.78 is 6.91. The van der Waals surface area contributed by atoms with Gasteiger partial charge in [-0.05, 0) is 28.3 Å². The topological polar surface area (TPSA) is 37.9 Å². The van der Waals surface area contributed by atoms with Crippen molar-refractivity contribution in [2.45, 2.75) is 33.3 Å². The SMILES string of the molecule is CCc1[nH]c(C(OC)C(C)C)nc(=S)c1Br. The van der Waals surface area contributed by atoms with E-state index in [1.54, 1.807) is 7.11 Å². The van der Waals surface area contributed by atoms with Crippen molar-refractivity contribution in [2.24, 2.45) is 5.92 Å². The number of ether oxygens (including phenoxy) is 1. The molecule has 0 aromatic carbocycles. The van der Waals surface area contributed by atoms with Crippen molar-refractivity contribution in [3.8, 4) is 0 Å². The summed E-state index contributed by atoms with van der Waals surface area (Å²) in [5, 5.41) is 0. The van der Waals surface area contributed by atoms with Gasteiger partial charge in [-0.1, -0.05) is 33.0 Å². The number of H-pyrrole nitrogens is 1. The van der Waals surface area contributed by atoms with Crippen LogP contribution in [0.15, 0.2) is 4.47 Å². The number of nitrogens with zero attached hydrogens (tertiary/aromatic N) is 1. The molecule has 1 rings (SSSR count). The van der Waals surface area contributed by atoms with Gasteiger partial charge in [0.2, 0.25) is 0 Å². The molecule has 0 bridgehead atoms. The summed E-state index contributed by atoms with van der Waals surface area (Å²) in [6.45, 7) is 6.27. The molecule has 0 amide bonds. The van der Waals surface area contributed by atoms with Crippen LogP contribution in [0.4, 0.5) is 0 Å². The molecular weight excluding hydrogens is 288 g/mol. The van der Waals surface area contributed by atoms with E-state index >= 15 is 0 Å². The Morgan fingerprint density at radius 2 is 2.12 bits per heavy atom. The zero-order chi connectivity index (χ0) is 12.3. The third-order valence-corrected chi connectivity index (χ3v) is 3.85. The van der Waals surface area contributed by atoms with E-state index in [9.17, 15) is 0 Å².